The monoisotopic (exact) mass is 335 g/mol. The molecule has 8 heteroatoms. The Labute approximate surface area is 114 Å². The van der Waals surface area contributed by atoms with Crippen LogP contribution in [0.2, 0.25) is 0 Å². The fourth-order valence-electron chi connectivity index (χ4n) is 1.88. The molecule has 0 spiro atoms. The summed E-state index contributed by atoms with van der Waals surface area (Å²) < 4.78 is 24.9. The van der Waals surface area contributed by atoms with Crippen LogP contribution in [0, 0.1) is 0 Å². The van der Waals surface area contributed by atoms with E-state index in [2.05, 4.69) is 26.3 Å². The molecule has 0 aromatic carbocycles. The van der Waals surface area contributed by atoms with Gasteiger partial charge < -0.3 is 5.32 Å². The second kappa shape index (κ2) is 5.00. The summed E-state index contributed by atoms with van der Waals surface area (Å²) in [5.74, 6) is -0.0267. The highest BCUT2D eigenvalue weighted by Crippen LogP contribution is 2.14. The molecular formula is C10H14BrN3O3S. The molecule has 6 nitrogen and oxygen atoms in total. The number of aromatic nitrogens is 2. The van der Waals surface area contributed by atoms with E-state index in [1.807, 2.05) is 0 Å². The van der Waals surface area contributed by atoms with E-state index in [1.54, 1.807) is 19.3 Å². The second-order valence-corrected chi connectivity index (χ2v) is 7.57. The first-order valence-electron chi connectivity index (χ1n) is 5.58. The highest BCUT2D eigenvalue weighted by Gasteiger charge is 2.30. The molecule has 0 radical (unpaired) electrons. The molecule has 1 aromatic heterocycles. The smallest absolute Gasteiger partial charge is 0.244 e. The Morgan fingerprint density at radius 3 is 2.89 bits per heavy atom. The topological polar surface area (TPSA) is 81.1 Å². The maximum atomic E-state index is 11.9. The number of halogens is 1. The molecule has 0 aliphatic carbocycles. The first-order chi connectivity index (χ1) is 8.37. The molecule has 0 bridgehead atoms. The predicted molar refractivity (Wildman–Crippen MR) is 69.8 cm³/mol. The third-order valence-electron chi connectivity index (χ3n) is 2.93. The van der Waals surface area contributed by atoms with Crippen molar-refractivity contribution in [1.29, 1.82) is 0 Å². The van der Waals surface area contributed by atoms with Crippen LogP contribution in [0.15, 0.2) is 16.9 Å². The van der Waals surface area contributed by atoms with Crippen LogP contribution in [-0.2, 0) is 14.6 Å². The SMILES string of the molecule is CC(C(=O)NC1CCS(=O)(=O)C1)n1cc(Br)cn1. The van der Waals surface area contributed by atoms with Crippen LogP contribution in [-0.4, -0.2) is 41.7 Å². The molecule has 1 saturated heterocycles. The number of nitrogens with one attached hydrogen (secondary N) is 1. The molecule has 2 heterocycles. The van der Waals surface area contributed by atoms with E-state index in [1.165, 1.54) is 4.68 Å². The van der Waals surface area contributed by atoms with E-state index < -0.39 is 15.9 Å². The van der Waals surface area contributed by atoms with Crippen LogP contribution in [0.25, 0.3) is 0 Å². The Hall–Kier alpha value is -0.890. The number of sulfone groups is 1. The van der Waals surface area contributed by atoms with Gasteiger partial charge in [-0.3, -0.25) is 9.48 Å². The Bertz CT molecular complexity index is 554. The highest BCUT2D eigenvalue weighted by atomic mass is 79.9. The summed E-state index contributed by atoms with van der Waals surface area (Å²) in [6, 6.07) is -0.733. The zero-order valence-corrected chi connectivity index (χ0v) is 12.2. The van der Waals surface area contributed by atoms with Gasteiger partial charge in [0.2, 0.25) is 5.91 Å². The van der Waals surface area contributed by atoms with Gasteiger partial charge in [-0.25, -0.2) is 8.42 Å². The van der Waals surface area contributed by atoms with E-state index in [4.69, 9.17) is 0 Å². The molecule has 1 aromatic rings. The maximum absolute atomic E-state index is 11.9. The molecule has 1 fully saturated rings. The Morgan fingerprint density at radius 1 is 1.67 bits per heavy atom. The zero-order valence-electron chi connectivity index (χ0n) is 9.84. The third-order valence-corrected chi connectivity index (χ3v) is 5.10. The van der Waals surface area contributed by atoms with E-state index in [9.17, 15) is 13.2 Å². The van der Waals surface area contributed by atoms with Gasteiger partial charge in [0, 0.05) is 12.2 Å². The van der Waals surface area contributed by atoms with Crippen molar-refractivity contribution in [2.45, 2.75) is 25.4 Å². The lowest BCUT2D eigenvalue weighted by molar-refractivity contribution is -0.124. The lowest BCUT2D eigenvalue weighted by Gasteiger charge is -2.16. The van der Waals surface area contributed by atoms with Crippen LogP contribution in [0.1, 0.15) is 19.4 Å². The van der Waals surface area contributed by atoms with E-state index in [-0.39, 0.29) is 23.5 Å². The van der Waals surface area contributed by atoms with E-state index >= 15 is 0 Å². The molecule has 100 valence electrons. The van der Waals surface area contributed by atoms with Crippen molar-refractivity contribution >= 4 is 31.7 Å². The number of nitrogens with zero attached hydrogens (tertiary/aromatic N) is 2. The zero-order chi connectivity index (χ0) is 13.3. The van der Waals surface area contributed by atoms with Crippen molar-refractivity contribution in [1.82, 2.24) is 15.1 Å². The largest absolute Gasteiger partial charge is 0.350 e. The van der Waals surface area contributed by atoms with Gasteiger partial charge in [-0.1, -0.05) is 0 Å². The van der Waals surface area contributed by atoms with Crippen molar-refractivity contribution in [2.24, 2.45) is 0 Å². The van der Waals surface area contributed by atoms with Gasteiger partial charge >= 0.3 is 0 Å². The van der Waals surface area contributed by atoms with Crippen LogP contribution in [0.3, 0.4) is 0 Å². The molecular weight excluding hydrogens is 322 g/mol. The predicted octanol–water partition coefficient (Wildman–Crippen LogP) is 0.510. The average Bonchev–Trinajstić information content (AvgIpc) is 2.84. The van der Waals surface area contributed by atoms with Crippen LogP contribution in [0.4, 0.5) is 0 Å². The lowest BCUT2D eigenvalue weighted by atomic mass is 10.2. The van der Waals surface area contributed by atoms with Gasteiger partial charge in [0.15, 0.2) is 9.84 Å². The quantitative estimate of drug-likeness (QED) is 0.872. The number of hydrogen-bond acceptors (Lipinski definition) is 4. The number of hydrogen-bond donors (Lipinski definition) is 1. The summed E-state index contributed by atoms with van der Waals surface area (Å²) >= 11 is 3.26. The molecule has 2 rings (SSSR count). The molecule has 1 aliphatic heterocycles. The second-order valence-electron chi connectivity index (χ2n) is 4.42. The number of carbonyl (C=O) groups is 1. The van der Waals surface area contributed by atoms with Crippen molar-refractivity contribution < 1.29 is 13.2 Å². The minimum atomic E-state index is -2.97. The van der Waals surface area contributed by atoms with Gasteiger partial charge in [0.1, 0.15) is 6.04 Å². The van der Waals surface area contributed by atoms with Crippen molar-refractivity contribution in [3.8, 4) is 0 Å². The minimum absolute atomic E-state index is 0.0360. The molecule has 2 unspecified atom stereocenters. The van der Waals surface area contributed by atoms with Gasteiger partial charge in [-0.15, -0.1) is 0 Å². The number of rotatable bonds is 3. The van der Waals surface area contributed by atoms with Crippen LogP contribution >= 0.6 is 15.9 Å². The molecule has 1 aliphatic rings. The Morgan fingerprint density at radius 2 is 2.39 bits per heavy atom. The van der Waals surface area contributed by atoms with Crippen molar-refractivity contribution in [2.75, 3.05) is 11.5 Å². The van der Waals surface area contributed by atoms with Crippen molar-refractivity contribution in [3.63, 3.8) is 0 Å². The molecule has 1 N–H and O–H groups in total. The third kappa shape index (κ3) is 3.11. The number of amides is 1. The minimum Gasteiger partial charge on any atom is -0.350 e. The normalized spacial score (nSPS) is 23.8. The molecule has 18 heavy (non-hydrogen) atoms. The molecule has 1 amide bonds. The number of carbonyl (C=O) groups excluding carboxylic acids is 1. The van der Waals surface area contributed by atoms with Crippen LogP contribution < -0.4 is 5.32 Å². The summed E-state index contributed by atoms with van der Waals surface area (Å²) in [4.78, 5) is 11.9. The fourth-order valence-corrected chi connectivity index (χ4v) is 3.85. The van der Waals surface area contributed by atoms with Gasteiger partial charge in [-0.05, 0) is 29.3 Å². The fraction of sp³-hybridized carbons (Fsp3) is 0.600. The maximum Gasteiger partial charge on any atom is 0.244 e. The first-order valence-corrected chi connectivity index (χ1v) is 8.19. The van der Waals surface area contributed by atoms with Gasteiger partial charge in [0.25, 0.3) is 0 Å². The molecule has 2 atom stereocenters. The summed E-state index contributed by atoms with van der Waals surface area (Å²) in [5.41, 5.74) is 0. The van der Waals surface area contributed by atoms with Gasteiger partial charge in [0.05, 0.1) is 22.2 Å². The Kier molecular flexibility index (Phi) is 3.76. The summed E-state index contributed by atoms with van der Waals surface area (Å²) in [7, 11) is -2.97. The lowest BCUT2D eigenvalue weighted by Crippen LogP contribution is -2.39. The van der Waals surface area contributed by atoms with Crippen molar-refractivity contribution in [3.05, 3.63) is 16.9 Å². The van der Waals surface area contributed by atoms with E-state index in [0.29, 0.717) is 6.42 Å². The first kappa shape index (κ1) is 13.5. The molecule has 0 saturated carbocycles. The van der Waals surface area contributed by atoms with Gasteiger partial charge in [-0.2, -0.15) is 5.10 Å². The summed E-state index contributed by atoms with van der Waals surface area (Å²) in [5, 5.41) is 6.78. The standard InChI is InChI=1S/C10H14BrN3O3S/c1-7(14-5-8(11)4-12-14)10(15)13-9-2-3-18(16,17)6-9/h4-5,7,9H,2-3,6H2,1H3,(H,13,15). The Balaban J connectivity index is 1.96. The average molecular weight is 336 g/mol. The summed E-state index contributed by atoms with van der Waals surface area (Å²) in [6.07, 6.45) is 3.79. The highest BCUT2D eigenvalue weighted by molar-refractivity contribution is 9.10. The summed E-state index contributed by atoms with van der Waals surface area (Å²) in [6.45, 7) is 1.72. The van der Waals surface area contributed by atoms with Crippen LogP contribution in [0.5, 0.6) is 0 Å². The van der Waals surface area contributed by atoms with E-state index in [0.717, 1.165) is 4.47 Å².